The standard InChI is InChI=1S/C22H22F2N6O3/c1-2-32-20(31)7-9-26-21-16(24)13-28-22(29-21)17(25)11-19(18-8-10-33-30-18)27-12-14-5-3-4-6-15(14)23/h3-6,8,10-11,13,25,27H,2,7,9,12H2,1H3,(H,26,28,29)/b19-11-,25-17?. The number of halogens is 2. The maximum atomic E-state index is 14.1. The van der Waals surface area contributed by atoms with E-state index in [1.165, 1.54) is 18.4 Å². The fourth-order valence-electron chi connectivity index (χ4n) is 2.75. The van der Waals surface area contributed by atoms with E-state index >= 15 is 0 Å². The molecule has 2 heterocycles. The van der Waals surface area contributed by atoms with E-state index in [2.05, 4.69) is 25.8 Å². The second-order valence-corrected chi connectivity index (χ2v) is 6.67. The second kappa shape index (κ2) is 11.5. The summed E-state index contributed by atoms with van der Waals surface area (Å²) in [5.41, 5.74) is 1.01. The average molecular weight is 456 g/mol. The van der Waals surface area contributed by atoms with E-state index in [0.29, 0.717) is 17.0 Å². The molecule has 9 nitrogen and oxygen atoms in total. The summed E-state index contributed by atoms with van der Waals surface area (Å²) in [5, 5.41) is 17.9. The SMILES string of the molecule is CCOC(=O)CCNc1nc(C(=N)/C=C(\NCc2ccccc2F)c2ccon2)ncc1F. The number of esters is 1. The monoisotopic (exact) mass is 456 g/mol. The highest BCUT2D eigenvalue weighted by molar-refractivity contribution is 6.07. The number of hydrogen-bond acceptors (Lipinski definition) is 9. The summed E-state index contributed by atoms with van der Waals surface area (Å²) < 4.78 is 37.7. The lowest BCUT2D eigenvalue weighted by molar-refractivity contribution is -0.142. The molecule has 2 aromatic heterocycles. The third-order valence-corrected chi connectivity index (χ3v) is 4.34. The van der Waals surface area contributed by atoms with Crippen LogP contribution < -0.4 is 10.6 Å². The van der Waals surface area contributed by atoms with Gasteiger partial charge in [0.15, 0.2) is 17.5 Å². The Kier molecular flexibility index (Phi) is 8.17. The Labute approximate surface area is 188 Å². The van der Waals surface area contributed by atoms with Gasteiger partial charge in [0.1, 0.15) is 23.5 Å². The Bertz CT molecular complexity index is 1130. The van der Waals surface area contributed by atoms with E-state index in [-0.39, 0.29) is 49.3 Å². The Morgan fingerprint density at radius 3 is 2.79 bits per heavy atom. The van der Waals surface area contributed by atoms with Crippen LogP contribution in [0, 0.1) is 17.0 Å². The molecule has 172 valence electrons. The van der Waals surface area contributed by atoms with E-state index in [0.717, 1.165) is 6.20 Å². The number of hydrogen-bond donors (Lipinski definition) is 3. The quantitative estimate of drug-likeness (QED) is 0.296. The van der Waals surface area contributed by atoms with Crippen molar-refractivity contribution in [2.75, 3.05) is 18.5 Å². The van der Waals surface area contributed by atoms with E-state index in [4.69, 9.17) is 14.7 Å². The van der Waals surface area contributed by atoms with Gasteiger partial charge < -0.3 is 19.9 Å². The molecule has 11 heteroatoms. The third kappa shape index (κ3) is 6.66. The second-order valence-electron chi connectivity index (χ2n) is 6.67. The van der Waals surface area contributed by atoms with Gasteiger partial charge in [-0.15, -0.1) is 0 Å². The first-order valence-electron chi connectivity index (χ1n) is 10.1. The van der Waals surface area contributed by atoms with E-state index in [9.17, 15) is 13.6 Å². The molecule has 0 unspecified atom stereocenters. The Balaban J connectivity index is 1.75. The van der Waals surface area contributed by atoms with Crippen LogP contribution in [0.25, 0.3) is 5.70 Å². The van der Waals surface area contributed by atoms with Crippen molar-refractivity contribution in [3.05, 3.63) is 77.6 Å². The maximum Gasteiger partial charge on any atom is 0.307 e. The van der Waals surface area contributed by atoms with Gasteiger partial charge in [0, 0.05) is 24.7 Å². The van der Waals surface area contributed by atoms with Gasteiger partial charge in [-0.05, 0) is 19.1 Å². The third-order valence-electron chi connectivity index (χ3n) is 4.34. The van der Waals surface area contributed by atoms with Crippen LogP contribution in [0.2, 0.25) is 0 Å². The van der Waals surface area contributed by atoms with Crippen molar-refractivity contribution in [1.82, 2.24) is 20.4 Å². The molecule has 0 aliphatic heterocycles. The topological polar surface area (TPSA) is 126 Å². The molecule has 0 atom stereocenters. The van der Waals surface area contributed by atoms with Crippen LogP contribution in [-0.2, 0) is 16.1 Å². The molecular formula is C22H22F2N6O3. The van der Waals surface area contributed by atoms with E-state index in [1.54, 1.807) is 31.2 Å². The molecule has 3 N–H and O–H groups in total. The number of aromatic nitrogens is 3. The molecule has 0 saturated heterocycles. The summed E-state index contributed by atoms with van der Waals surface area (Å²) in [7, 11) is 0. The molecule has 1 aromatic carbocycles. The highest BCUT2D eigenvalue weighted by Gasteiger charge is 2.13. The minimum atomic E-state index is -0.728. The predicted octanol–water partition coefficient (Wildman–Crippen LogP) is 3.31. The number of nitrogens with one attached hydrogen (secondary N) is 3. The van der Waals surface area contributed by atoms with Gasteiger partial charge in [-0.3, -0.25) is 10.2 Å². The minimum absolute atomic E-state index is 0.0280. The zero-order valence-electron chi connectivity index (χ0n) is 17.8. The summed E-state index contributed by atoms with van der Waals surface area (Å²) in [6, 6.07) is 7.85. The molecule has 0 saturated carbocycles. The summed E-state index contributed by atoms with van der Waals surface area (Å²) in [6.45, 7) is 2.18. The molecule has 0 bridgehead atoms. The zero-order valence-corrected chi connectivity index (χ0v) is 17.8. The van der Waals surface area contributed by atoms with Crippen LogP contribution >= 0.6 is 0 Å². The van der Waals surface area contributed by atoms with Crippen LogP contribution in [0.3, 0.4) is 0 Å². The number of ether oxygens (including phenoxy) is 1. The number of nitrogens with zero attached hydrogens (tertiary/aromatic N) is 3. The zero-order chi connectivity index (χ0) is 23.6. The average Bonchev–Trinajstić information content (AvgIpc) is 3.34. The van der Waals surface area contributed by atoms with Crippen LogP contribution in [0.15, 0.2) is 53.4 Å². The van der Waals surface area contributed by atoms with Crippen LogP contribution in [0.4, 0.5) is 14.6 Å². The number of rotatable bonds is 11. The van der Waals surface area contributed by atoms with Gasteiger partial charge in [0.05, 0.1) is 24.9 Å². The van der Waals surface area contributed by atoms with Crippen LogP contribution in [0.5, 0.6) is 0 Å². The maximum absolute atomic E-state index is 14.1. The molecule has 0 aliphatic rings. The molecular weight excluding hydrogens is 434 g/mol. The van der Waals surface area contributed by atoms with Gasteiger partial charge in [-0.1, -0.05) is 23.4 Å². The summed E-state index contributed by atoms with van der Waals surface area (Å²) in [4.78, 5) is 19.3. The highest BCUT2D eigenvalue weighted by atomic mass is 19.1. The lowest BCUT2D eigenvalue weighted by atomic mass is 10.2. The molecule has 33 heavy (non-hydrogen) atoms. The van der Waals surface area contributed by atoms with Crippen molar-refractivity contribution in [3.8, 4) is 0 Å². The first kappa shape index (κ1) is 23.5. The van der Waals surface area contributed by atoms with Gasteiger partial charge >= 0.3 is 5.97 Å². The largest absolute Gasteiger partial charge is 0.466 e. The summed E-state index contributed by atoms with van der Waals surface area (Å²) >= 11 is 0. The molecule has 3 aromatic rings. The highest BCUT2D eigenvalue weighted by Crippen LogP contribution is 2.15. The van der Waals surface area contributed by atoms with Crippen molar-refractivity contribution >= 4 is 23.2 Å². The number of carbonyl (C=O) groups excluding carboxylic acids is 1. The van der Waals surface area contributed by atoms with Gasteiger partial charge in [-0.25, -0.2) is 18.7 Å². The number of benzene rings is 1. The number of carbonyl (C=O) groups is 1. The normalized spacial score (nSPS) is 11.2. The fraction of sp³-hybridized carbons (Fsp3) is 0.227. The number of allylic oxidation sites excluding steroid dienone is 1. The van der Waals surface area contributed by atoms with Gasteiger partial charge in [0.2, 0.25) is 0 Å². The Morgan fingerprint density at radius 1 is 1.24 bits per heavy atom. The van der Waals surface area contributed by atoms with Crippen LogP contribution in [-0.4, -0.2) is 40.0 Å². The molecule has 0 radical (unpaired) electrons. The molecule has 0 spiro atoms. The fourth-order valence-corrected chi connectivity index (χ4v) is 2.75. The van der Waals surface area contributed by atoms with Crippen molar-refractivity contribution in [3.63, 3.8) is 0 Å². The predicted molar refractivity (Wildman–Crippen MR) is 116 cm³/mol. The minimum Gasteiger partial charge on any atom is -0.466 e. The molecule has 0 fully saturated rings. The molecule has 0 amide bonds. The smallest absolute Gasteiger partial charge is 0.307 e. The molecule has 0 aliphatic carbocycles. The van der Waals surface area contributed by atoms with Crippen molar-refractivity contribution in [2.24, 2.45) is 0 Å². The van der Waals surface area contributed by atoms with E-state index in [1.807, 2.05) is 0 Å². The molecule has 3 rings (SSSR count). The summed E-state index contributed by atoms with van der Waals surface area (Å²) in [6.07, 6.45) is 3.70. The lowest BCUT2D eigenvalue weighted by Crippen LogP contribution is -2.17. The lowest BCUT2D eigenvalue weighted by Gasteiger charge is -2.11. The summed E-state index contributed by atoms with van der Waals surface area (Å²) in [5.74, 6) is -1.74. The van der Waals surface area contributed by atoms with Crippen molar-refractivity contribution < 1.29 is 22.8 Å². The first-order chi connectivity index (χ1) is 16.0. The number of anilines is 1. The Morgan fingerprint density at radius 2 is 2.06 bits per heavy atom. The van der Waals surface area contributed by atoms with Gasteiger partial charge in [0.25, 0.3) is 0 Å². The van der Waals surface area contributed by atoms with Crippen molar-refractivity contribution in [2.45, 2.75) is 19.9 Å². The van der Waals surface area contributed by atoms with Crippen LogP contribution in [0.1, 0.15) is 30.4 Å². The van der Waals surface area contributed by atoms with Crippen molar-refractivity contribution in [1.29, 1.82) is 5.41 Å². The Hall–Kier alpha value is -4.15. The van der Waals surface area contributed by atoms with E-state index < -0.39 is 11.8 Å². The van der Waals surface area contributed by atoms with Gasteiger partial charge in [-0.2, -0.15) is 0 Å². The first-order valence-corrected chi connectivity index (χ1v) is 10.1.